The molecule has 1 saturated carbocycles. The number of thioether (sulfide) groups is 1. The maximum Gasteiger partial charge on any atom is 0.234 e. The number of aryl methyl sites for hydroxylation is 2. The van der Waals surface area contributed by atoms with E-state index in [1.165, 1.54) is 31.0 Å². The normalized spacial score (nSPS) is 15.2. The maximum atomic E-state index is 12.4. The summed E-state index contributed by atoms with van der Waals surface area (Å²) in [6.07, 6.45) is 6.85. The lowest BCUT2D eigenvalue weighted by Crippen LogP contribution is -2.20. The number of rotatable bonds is 6. The summed E-state index contributed by atoms with van der Waals surface area (Å²) in [6.45, 7) is 4.09. The molecule has 1 aromatic carbocycles. The van der Waals surface area contributed by atoms with Gasteiger partial charge in [-0.05, 0) is 37.3 Å². The molecular weight excluding hydrogens is 346 g/mol. The fourth-order valence-corrected chi connectivity index (χ4v) is 4.20. The smallest absolute Gasteiger partial charge is 0.234 e. The first-order valence-corrected chi connectivity index (χ1v) is 10.3. The third kappa shape index (κ3) is 4.20. The number of hydrogen-bond donors (Lipinski definition) is 2. The minimum Gasteiger partial charge on any atom is -0.336 e. The third-order valence-electron chi connectivity index (χ3n) is 5.00. The number of aromatic nitrogens is 3. The highest BCUT2D eigenvalue weighted by atomic mass is 32.2. The molecule has 26 heavy (non-hydrogen) atoms. The molecule has 0 spiro atoms. The summed E-state index contributed by atoms with van der Waals surface area (Å²) in [5.41, 5.74) is 3.13. The first kappa shape index (κ1) is 18.8. The fourth-order valence-electron chi connectivity index (χ4n) is 3.53. The van der Waals surface area contributed by atoms with Crippen LogP contribution in [0.2, 0.25) is 0 Å². The SMILES string of the molecule is CCc1cccc(C)c1NC(=O)CSc1nnc(C2CCCCC2)n1N. The Morgan fingerprint density at radius 2 is 2.08 bits per heavy atom. The van der Waals surface area contributed by atoms with E-state index in [1.807, 2.05) is 25.1 Å². The molecule has 2 aromatic rings. The van der Waals surface area contributed by atoms with Crippen LogP contribution >= 0.6 is 11.8 Å². The van der Waals surface area contributed by atoms with E-state index in [2.05, 4.69) is 22.4 Å². The predicted molar refractivity (Wildman–Crippen MR) is 106 cm³/mol. The molecule has 1 fully saturated rings. The van der Waals surface area contributed by atoms with Crippen LogP contribution in [-0.2, 0) is 11.2 Å². The number of nitrogens with two attached hydrogens (primary N) is 1. The van der Waals surface area contributed by atoms with E-state index in [0.29, 0.717) is 11.1 Å². The van der Waals surface area contributed by atoms with Gasteiger partial charge in [-0.15, -0.1) is 10.2 Å². The van der Waals surface area contributed by atoms with E-state index < -0.39 is 0 Å². The zero-order valence-electron chi connectivity index (χ0n) is 15.5. The van der Waals surface area contributed by atoms with E-state index in [0.717, 1.165) is 41.9 Å². The Morgan fingerprint density at radius 1 is 1.31 bits per heavy atom. The maximum absolute atomic E-state index is 12.4. The largest absolute Gasteiger partial charge is 0.336 e. The van der Waals surface area contributed by atoms with Crippen LogP contribution in [0.3, 0.4) is 0 Å². The van der Waals surface area contributed by atoms with Crippen molar-refractivity contribution in [1.82, 2.24) is 14.9 Å². The molecule has 0 aliphatic heterocycles. The van der Waals surface area contributed by atoms with Crippen molar-refractivity contribution in [3.63, 3.8) is 0 Å². The van der Waals surface area contributed by atoms with Gasteiger partial charge in [-0.3, -0.25) is 4.79 Å². The molecule has 1 aliphatic carbocycles. The zero-order valence-corrected chi connectivity index (χ0v) is 16.3. The summed E-state index contributed by atoms with van der Waals surface area (Å²) >= 11 is 1.33. The molecule has 0 bridgehead atoms. The fraction of sp³-hybridized carbons (Fsp3) is 0.526. The molecule has 140 valence electrons. The van der Waals surface area contributed by atoms with E-state index in [4.69, 9.17) is 5.84 Å². The summed E-state index contributed by atoms with van der Waals surface area (Å²) in [4.78, 5) is 12.4. The molecule has 3 N–H and O–H groups in total. The van der Waals surface area contributed by atoms with E-state index in [1.54, 1.807) is 4.68 Å². The molecule has 1 amide bonds. The minimum absolute atomic E-state index is 0.0544. The van der Waals surface area contributed by atoms with E-state index in [9.17, 15) is 4.79 Å². The number of para-hydroxylation sites is 1. The average Bonchev–Trinajstić information content (AvgIpc) is 3.03. The van der Waals surface area contributed by atoms with Gasteiger partial charge in [-0.25, -0.2) is 4.68 Å². The minimum atomic E-state index is -0.0544. The molecule has 0 unspecified atom stereocenters. The first-order valence-electron chi connectivity index (χ1n) is 9.31. The van der Waals surface area contributed by atoms with Gasteiger partial charge in [-0.1, -0.05) is 56.1 Å². The molecule has 0 saturated heterocycles. The number of benzene rings is 1. The zero-order chi connectivity index (χ0) is 18.5. The van der Waals surface area contributed by atoms with Gasteiger partial charge in [0.2, 0.25) is 11.1 Å². The van der Waals surface area contributed by atoms with Crippen LogP contribution in [0.1, 0.15) is 61.9 Å². The molecular formula is C19H27N5OS. The van der Waals surface area contributed by atoms with Crippen molar-refractivity contribution in [3.8, 4) is 0 Å². The van der Waals surface area contributed by atoms with Crippen LogP contribution in [0.5, 0.6) is 0 Å². The molecule has 3 rings (SSSR count). The number of carbonyl (C=O) groups excluding carboxylic acids is 1. The number of hydrogen-bond acceptors (Lipinski definition) is 5. The monoisotopic (exact) mass is 373 g/mol. The number of amides is 1. The Bertz CT molecular complexity index is 767. The Hall–Kier alpha value is -2.02. The highest BCUT2D eigenvalue weighted by Gasteiger charge is 2.23. The molecule has 0 radical (unpaired) electrons. The highest BCUT2D eigenvalue weighted by molar-refractivity contribution is 7.99. The van der Waals surface area contributed by atoms with Gasteiger partial charge in [0.05, 0.1) is 5.75 Å². The second-order valence-corrected chi connectivity index (χ2v) is 7.79. The standard InChI is InChI=1S/C19H27N5OS/c1-3-14-11-7-8-13(2)17(14)21-16(25)12-26-19-23-22-18(24(19)20)15-9-5-4-6-10-15/h7-8,11,15H,3-6,9-10,12,20H2,1-2H3,(H,21,25). The van der Waals surface area contributed by atoms with Crippen LogP contribution in [0.25, 0.3) is 0 Å². The predicted octanol–water partition coefficient (Wildman–Crippen LogP) is 3.64. The first-order chi connectivity index (χ1) is 12.6. The summed E-state index contributed by atoms with van der Waals surface area (Å²) in [5, 5.41) is 12.1. The van der Waals surface area contributed by atoms with Gasteiger partial charge >= 0.3 is 0 Å². The van der Waals surface area contributed by atoms with Gasteiger partial charge in [0.25, 0.3) is 0 Å². The number of anilines is 1. The van der Waals surface area contributed by atoms with Crippen molar-refractivity contribution in [2.75, 3.05) is 16.9 Å². The third-order valence-corrected chi connectivity index (χ3v) is 5.94. The number of nitrogens with zero attached hydrogens (tertiary/aromatic N) is 3. The Balaban J connectivity index is 1.61. The van der Waals surface area contributed by atoms with Crippen LogP contribution in [-0.4, -0.2) is 26.5 Å². The summed E-state index contributed by atoms with van der Waals surface area (Å²) in [6, 6.07) is 6.07. The summed E-state index contributed by atoms with van der Waals surface area (Å²) in [5.74, 6) is 7.63. The second kappa shape index (κ2) is 8.58. The lowest BCUT2D eigenvalue weighted by atomic mass is 9.89. The molecule has 1 aliphatic rings. The summed E-state index contributed by atoms with van der Waals surface area (Å²) < 4.78 is 1.57. The summed E-state index contributed by atoms with van der Waals surface area (Å²) in [7, 11) is 0. The van der Waals surface area contributed by atoms with Crippen molar-refractivity contribution in [2.45, 2.75) is 63.4 Å². The van der Waals surface area contributed by atoms with Crippen molar-refractivity contribution >= 4 is 23.4 Å². The molecule has 6 nitrogen and oxygen atoms in total. The van der Waals surface area contributed by atoms with Crippen LogP contribution in [0, 0.1) is 6.92 Å². The number of nitrogens with one attached hydrogen (secondary N) is 1. The molecule has 1 aromatic heterocycles. The average molecular weight is 374 g/mol. The van der Waals surface area contributed by atoms with Crippen molar-refractivity contribution in [1.29, 1.82) is 0 Å². The number of nitrogen functional groups attached to an aromatic ring is 1. The van der Waals surface area contributed by atoms with Gasteiger partial charge < -0.3 is 11.2 Å². The van der Waals surface area contributed by atoms with Gasteiger partial charge in [0, 0.05) is 11.6 Å². The van der Waals surface area contributed by atoms with Gasteiger partial charge in [0.1, 0.15) is 0 Å². The molecule has 0 atom stereocenters. The van der Waals surface area contributed by atoms with E-state index >= 15 is 0 Å². The van der Waals surface area contributed by atoms with Gasteiger partial charge in [0.15, 0.2) is 5.82 Å². The topological polar surface area (TPSA) is 85.8 Å². The Morgan fingerprint density at radius 3 is 2.81 bits per heavy atom. The Kier molecular flexibility index (Phi) is 6.19. The lowest BCUT2D eigenvalue weighted by Gasteiger charge is -2.20. The van der Waals surface area contributed by atoms with Crippen molar-refractivity contribution in [2.24, 2.45) is 0 Å². The second-order valence-electron chi connectivity index (χ2n) is 6.85. The molecule has 7 heteroatoms. The lowest BCUT2D eigenvalue weighted by molar-refractivity contribution is -0.113. The van der Waals surface area contributed by atoms with Crippen molar-refractivity contribution < 1.29 is 4.79 Å². The Labute approximate surface area is 158 Å². The molecule has 1 heterocycles. The quantitative estimate of drug-likeness (QED) is 0.596. The van der Waals surface area contributed by atoms with Crippen molar-refractivity contribution in [3.05, 3.63) is 35.2 Å². The van der Waals surface area contributed by atoms with Crippen LogP contribution in [0.15, 0.2) is 23.4 Å². The highest BCUT2D eigenvalue weighted by Crippen LogP contribution is 2.32. The van der Waals surface area contributed by atoms with Crippen LogP contribution < -0.4 is 11.2 Å². The van der Waals surface area contributed by atoms with Gasteiger partial charge in [-0.2, -0.15) is 0 Å². The number of carbonyl (C=O) groups is 1. The van der Waals surface area contributed by atoms with E-state index in [-0.39, 0.29) is 11.7 Å². The van der Waals surface area contributed by atoms with Crippen LogP contribution in [0.4, 0.5) is 5.69 Å².